The van der Waals surface area contributed by atoms with Crippen molar-refractivity contribution in [1.82, 2.24) is 4.98 Å². The van der Waals surface area contributed by atoms with E-state index in [1.807, 2.05) is 0 Å². The zero-order chi connectivity index (χ0) is 22.6. The fourth-order valence-electron chi connectivity index (χ4n) is 3.38. The molecule has 31 heavy (non-hydrogen) atoms. The molecule has 0 amide bonds. The number of anilines is 2. The van der Waals surface area contributed by atoms with Gasteiger partial charge in [0.1, 0.15) is 16.3 Å². The molecular weight excluding hydrogens is 446 g/mol. The van der Waals surface area contributed by atoms with Crippen molar-refractivity contribution in [3.63, 3.8) is 0 Å². The lowest BCUT2D eigenvalue weighted by Gasteiger charge is -2.32. The van der Waals surface area contributed by atoms with E-state index in [-0.39, 0.29) is 38.9 Å². The summed E-state index contributed by atoms with van der Waals surface area (Å²) in [6, 6.07) is 7.14. The van der Waals surface area contributed by atoms with Crippen LogP contribution < -0.4 is 9.62 Å². The number of carbonyl (C=O) groups excluding carboxylic acids is 1. The lowest BCUT2D eigenvalue weighted by atomic mass is 9.96. The Morgan fingerprint density at radius 3 is 2.58 bits per heavy atom. The fourth-order valence-corrected chi connectivity index (χ4v) is 4.94. The lowest BCUT2D eigenvalue weighted by molar-refractivity contribution is -0.148. The molecule has 2 heterocycles. The summed E-state index contributed by atoms with van der Waals surface area (Å²) in [4.78, 5) is 29.6. The van der Waals surface area contributed by atoms with Crippen molar-refractivity contribution >= 4 is 45.1 Å². The van der Waals surface area contributed by atoms with Crippen LogP contribution in [0.3, 0.4) is 0 Å². The molecule has 3 rings (SSSR count). The molecule has 166 valence electrons. The topological polar surface area (TPSA) is 126 Å². The Morgan fingerprint density at radius 1 is 1.29 bits per heavy atom. The fraction of sp³-hybridized carbons (Fsp3) is 0.350. The molecule has 0 aliphatic carbocycles. The average Bonchev–Trinajstić information content (AvgIpc) is 2.74. The van der Waals surface area contributed by atoms with Crippen LogP contribution >= 0.6 is 11.6 Å². The van der Waals surface area contributed by atoms with Crippen LogP contribution in [0, 0.1) is 5.92 Å². The highest BCUT2D eigenvalue weighted by Gasteiger charge is 2.29. The zero-order valence-electron chi connectivity index (χ0n) is 16.7. The molecule has 0 spiro atoms. The number of hydrogen-bond donors (Lipinski definition) is 2. The third-order valence-corrected chi connectivity index (χ3v) is 6.77. The second kappa shape index (κ2) is 9.52. The Kier molecular flexibility index (Phi) is 7.01. The van der Waals surface area contributed by atoms with Crippen LogP contribution in [-0.4, -0.2) is 50.1 Å². The van der Waals surface area contributed by atoms with Crippen molar-refractivity contribution in [1.29, 1.82) is 0 Å². The van der Waals surface area contributed by atoms with Gasteiger partial charge in [0.25, 0.3) is 10.0 Å². The highest BCUT2D eigenvalue weighted by Crippen LogP contribution is 2.29. The van der Waals surface area contributed by atoms with Gasteiger partial charge in [0.05, 0.1) is 29.4 Å². The maximum absolute atomic E-state index is 12.6. The molecule has 0 unspecified atom stereocenters. The van der Waals surface area contributed by atoms with E-state index in [4.69, 9.17) is 16.3 Å². The van der Waals surface area contributed by atoms with Gasteiger partial charge in [-0.2, -0.15) is 0 Å². The van der Waals surface area contributed by atoms with Crippen LogP contribution in [-0.2, 0) is 19.6 Å². The van der Waals surface area contributed by atoms with Gasteiger partial charge in [-0.05, 0) is 38.0 Å². The minimum absolute atomic E-state index is 0.00230. The van der Waals surface area contributed by atoms with Crippen molar-refractivity contribution in [2.24, 2.45) is 5.92 Å². The van der Waals surface area contributed by atoms with Crippen LogP contribution in [0.4, 0.5) is 11.5 Å². The number of carboxylic acid groups (broad SMARTS) is 1. The molecule has 1 saturated heterocycles. The molecule has 2 N–H and O–H groups in total. The Bertz CT molecular complexity index is 1080. The summed E-state index contributed by atoms with van der Waals surface area (Å²) in [5.74, 6) is -1.51. The molecule has 1 aromatic carbocycles. The first-order valence-corrected chi connectivity index (χ1v) is 11.5. The molecule has 1 aliphatic rings. The lowest BCUT2D eigenvalue weighted by Crippen LogP contribution is -2.38. The summed E-state index contributed by atoms with van der Waals surface area (Å²) in [7, 11) is -4.03. The first kappa shape index (κ1) is 22.8. The van der Waals surface area contributed by atoms with Gasteiger partial charge in [-0.15, -0.1) is 0 Å². The number of halogens is 1. The van der Waals surface area contributed by atoms with Crippen LogP contribution in [0.1, 0.15) is 30.1 Å². The third-order valence-electron chi connectivity index (χ3n) is 4.89. The summed E-state index contributed by atoms with van der Waals surface area (Å²) in [6.07, 6.45) is 2.29. The van der Waals surface area contributed by atoms with Gasteiger partial charge in [0.2, 0.25) is 0 Å². The maximum atomic E-state index is 12.6. The number of benzene rings is 1. The van der Waals surface area contributed by atoms with E-state index in [9.17, 15) is 23.1 Å². The van der Waals surface area contributed by atoms with E-state index in [2.05, 4.69) is 9.71 Å². The van der Waals surface area contributed by atoms with Crippen LogP contribution in [0.5, 0.6) is 0 Å². The quantitative estimate of drug-likeness (QED) is 0.595. The van der Waals surface area contributed by atoms with Gasteiger partial charge in [0.15, 0.2) is 0 Å². The van der Waals surface area contributed by atoms with Crippen molar-refractivity contribution in [3.8, 4) is 0 Å². The van der Waals surface area contributed by atoms with Gasteiger partial charge < -0.3 is 14.7 Å². The number of aromatic carboxylic acids is 1. The number of nitrogens with one attached hydrogen (secondary N) is 1. The van der Waals surface area contributed by atoms with Crippen molar-refractivity contribution in [2.45, 2.75) is 24.7 Å². The average molecular weight is 468 g/mol. The molecule has 1 aliphatic heterocycles. The molecule has 0 atom stereocenters. The first-order valence-electron chi connectivity index (χ1n) is 9.65. The predicted octanol–water partition coefficient (Wildman–Crippen LogP) is 3.01. The zero-order valence-corrected chi connectivity index (χ0v) is 18.3. The maximum Gasteiger partial charge on any atom is 0.339 e. The third kappa shape index (κ3) is 5.26. The number of sulfonamides is 1. The highest BCUT2D eigenvalue weighted by atomic mass is 35.5. The van der Waals surface area contributed by atoms with E-state index in [1.165, 1.54) is 30.5 Å². The molecule has 1 aromatic heterocycles. The number of nitrogens with zero attached hydrogens (tertiary/aromatic N) is 2. The van der Waals surface area contributed by atoms with Gasteiger partial charge in [-0.1, -0.05) is 23.7 Å². The normalized spacial score (nSPS) is 14.8. The number of carboxylic acids is 1. The van der Waals surface area contributed by atoms with Crippen molar-refractivity contribution in [2.75, 3.05) is 29.3 Å². The number of hydrogen-bond acceptors (Lipinski definition) is 7. The molecular formula is C20H22ClN3O6S. The standard InChI is InChI=1S/C20H22ClN3O6S/c1-2-30-20(27)13-7-9-24(10-8-13)18-15(19(25)26)11-14(12-22-18)23-31(28,29)17-6-4-3-5-16(17)21/h3-6,11-13,23H,2,7-10H2,1H3,(H,25,26). The van der Waals surface area contributed by atoms with Gasteiger partial charge in [-0.25, -0.2) is 18.2 Å². The number of rotatable bonds is 7. The first-order chi connectivity index (χ1) is 14.7. The van der Waals surface area contributed by atoms with Crippen molar-refractivity contribution < 1.29 is 27.9 Å². The highest BCUT2D eigenvalue weighted by molar-refractivity contribution is 7.92. The summed E-state index contributed by atoms with van der Waals surface area (Å²) in [6.45, 7) is 2.93. The number of aromatic nitrogens is 1. The van der Waals surface area contributed by atoms with Crippen LogP contribution in [0.25, 0.3) is 0 Å². The molecule has 0 saturated carbocycles. The molecule has 2 aromatic rings. The summed E-state index contributed by atoms with van der Waals surface area (Å²) >= 11 is 5.97. The molecule has 0 bridgehead atoms. The minimum Gasteiger partial charge on any atom is -0.478 e. The minimum atomic E-state index is -4.03. The second-order valence-corrected chi connectivity index (χ2v) is 9.01. The largest absolute Gasteiger partial charge is 0.478 e. The van der Waals surface area contributed by atoms with E-state index >= 15 is 0 Å². The van der Waals surface area contributed by atoms with Gasteiger partial charge >= 0.3 is 11.9 Å². The molecule has 0 radical (unpaired) electrons. The summed E-state index contributed by atoms with van der Waals surface area (Å²) < 4.78 is 32.6. The second-order valence-electron chi connectivity index (χ2n) is 6.95. The number of ether oxygens (including phenoxy) is 1. The Balaban J connectivity index is 1.80. The summed E-state index contributed by atoms with van der Waals surface area (Å²) in [5.41, 5.74) is -0.142. The van der Waals surface area contributed by atoms with E-state index in [0.29, 0.717) is 32.5 Å². The van der Waals surface area contributed by atoms with Crippen molar-refractivity contribution in [3.05, 3.63) is 47.1 Å². The Labute approximate surface area is 185 Å². The smallest absolute Gasteiger partial charge is 0.339 e. The molecule has 9 nitrogen and oxygen atoms in total. The number of pyridine rings is 1. The van der Waals surface area contributed by atoms with E-state index < -0.39 is 16.0 Å². The Morgan fingerprint density at radius 2 is 1.97 bits per heavy atom. The van der Waals surface area contributed by atoms with E-state index in [1.54, 1.807) is 17.9 Å². The van der Waals surface area contributed by atoms with Gasteiger partial charge in [-0.3, -0.25) is 9.52 Å². The number of carbonyl (C=O) groups is 2. The molecule has 1 fully saturated rings. The van der Waals surface area contributed by atoms with E-state index in [0.717, 1.165) is 0 Å². The Hall–Kier alpha value is -2.85. The monoisotopic (exact) mass is 467 g/mol. The van der Waals surface area contributed by atoms with Crippen LogP contribution in [0.15, 0.2) is 41.4 Å². The predicted molar refractivity (Wildman–Crippen MR) is 115 cm³/mol. The van der Waals surface area contributed by atoms with Crippen LogP contribution in [0.2, 0.25) is 5.02 Å². The molecule has 11 heteroatoms. The number of piperidine rings is 1. The summed E-state index contributed by atoms with van der Waals surface area (Å²) in [5, 5.41) is 9.70. The van der Waals surface area contributed by atoms with Gasteiger partial charge in [0, 0.05) is 13.1 Å². The SMILES string of the molecule is CCOC(=O)C1CCN(c2ncc(NS(=O)(=O)c3ccccc3Cl)cc2C(=O)O)CC1. The number of esters is 1.